The van der Waals surface area contributed by atoms with Gasteiger partial charge in [-0.1, -0.05) is 11.6 Å². The van der Waals surface area contributed by atoms with Crippen molar-refractivity contribution >= 4 is 52.3 Å². The van der Waals surface area contributed by atoms with Gasteiger partial charge in [0.15, 0.2) is 0 Å². The van der Waals surface area contributed by atoms with Crippen LogP contribution in [-0.2, 0) is 15.3 Å². The lowest BCUT2D eigenvalue weighted by molar-refractivity contribution is -0.113. The summed E-state index contributed by atoms with van der Waals surface area (Å²) in [6, 6.07) is 10.5. The van der Waals surface area contributed by atoms with Crippen molar-refractivity contribution in [2.75, 3.05) is 17.7 Å². The smallest absolute Gasteiger partial charge is 0.338 e. The predicted octanol–water partition coefficient (Wildman–Crippen LogP) is 4.45. The highest BCUT2D eigenvalue weighted by molar-refractivity contribution is 7.99. The number of anilines is 1. The lowest BCUT2D eigenvalue weighted by Gasteiger charge is -2.06. The number of nitrogens with one attached hydrogen (secondary N) is 1. The van der Waals surface area contributed by atoms with Gasteiger partial charge in [-0.25, -0.2) is 4.79 Å². The molecule has 0 aliphatic heterocycles. The van der Waals surface area contributed by atoms with Crippen molar-refractivity contribution in [1.82, 2.24) is 0 Å². The molecule has 4 nitrogen and oxygen atoms in total. The Morgan fingerprint density at radius 3 is 2.57 bits per heavy atom. The fourth-order valence-electron chi connectivity index (χ4n) is 1.77. The average molecular weight is 370 g/mol. The second kappa shape index (κ2) is 8.96. The van der Waals surface area contributed by atoms with Crippen LogP contribution in [0.2, 0.25) is 4.34 Å². The predicted molar refractivity (Wildman–Crippen MR) is 96.5 cm³/mol. The number of amides is 1. The zero-order valence-corrected chi connectivity index (χ0v) is 14.9. The highest BCUT2D eigenvalue weighted by Gasteiger charge is 2.07. The Balaban J connectivity index is 1.77. The number of halogens is 1. The molecule has 0 aliphatic rings. The van der Waals surface area contributed by atoms with Crippen molar-refractivity contribution in [3.8, 4) is 0 Å². The standard InChI is InChI=1S/C16H16ClNO3S2/c1-2-21-16(20)11-3-5-12(6-4-11)18-15(19)10-22-9-13-7-8-14(17)23-13/h3-8H,2,9-10H2,1H3,(H,18,19). The monoisotopic (exact) mass is 369 g/mol. The molecule has 0 radical (unpaired) electrons. The summed E-state index contributed by atoms with van der Waals surface area (Å²) in [5, 5.41) is 2.80. The van der Waals surface area contributed by atoms with Crippen molar-refractivity contribution in [2.45, 2.75) is 12.7 Å². The number of thioether (sulfide) groups is 1. The Morgan fingerprint density at radius 2 is 1.96 bits per heavy atom. The van der Waals surface area contributed by atoms with Crippen LogP contribution in [0, 0.1) is 0 Å². The van der Waals surface area contributed by atoms with Crippen molar-refractivity contribution in [3.05, 3.63) is 51.2 Å². The Labute approximate surface area is 148 Å². The molecule has 1 heterocycles. The summed E-state index contributed by atoms with van der Waals surface area (Å²) in [5.41, 5.74) is 1.12. The summed E-state index contributed by atoms with van der Waals surface area (Å²) >= 11 is 8.91. The zero-order chi connectivity index (χ0) is 16.7. The van der Waals surface area contributed by atoms with Gasteiger partial charge in [0.05, 0.1) is 22.3 Å². The number of carbonyl (C=O) groups excluding carboxylic acids is 2. The molecule has 1 amide bonds. The number of carbonyl (C=O) groups is 2. The van der Waals surface area contributed by atoms with Crippen LogP contribution in [0.25, 0.3) is 0 Å². The quantitative estimate of drug-likeness (QED) is 0.732. The molecule has 0 bridgehead atoms. The summed E-state index contributed by atoms with van der Waals surface area (Å²) in [6.07, 6.45) is 0. The Morgan fingerprint density at radius 1 is 1.22 bits per heavy atom. The lowest BCUT2D eigenvalue weighted by Crippen LogP contribution is -2.14. The lowest BCUT2D eigenvalue weighted by atomic mass is 10.2. The van der Waals surface area contributed by atoms with Crippen LogP contribution in [-0.4, -0.2) is 24.2 Å². The molecule has 0 saturated carbocycles. The Hall–Kier alpha value is -1.50. The van der Waals surface area contributed by atoms with Crippen LogP contribution < -0.4 is 5.32 Å². The summed E-state index contributed by atoms with van der Waals surface area (Å²) < 4.78 is 5.66. The SMILES string of the molecule is CCOC(=O)c1ccc(NC(=O)CSCc2ccc(Cl)s2)cc1. The molecule has 0 unspecified atom stereocenters. The number of hydrogen-bond donors (Lipinski definition) is 1. The van der Waals surface area contributed by atoms with Crippen molar-refractivity contribution in [3.63, 3.8) is 0 Å². The molecule has 0 atom stereocenters. The van der Waals surface area contributed by atoms with E-state index >= 15 is 0 Å². The van der Waals surface area contributed by atoms with E-state index in [9.17, 15) is 9.59 Å². The second-order valence-electron chi connectivity index (χ2n) is 4.54. The Kier molecular flexibility index (Phi) is 6.95. The molecule has 2 aromatic rings. The van der Waals surface area contributed by atoms with Gasteiger partial charge in [-0.3, -0.25) is 4.79 Å². The number of thiophene rings is 1. The minimum absolute atomic E-state index is 0.0819. The van der Waals surface area contributed by atoms with Gasteiger partial charge in [0, 0.05) is 16.3 Å². The third kappa shape index (κ3) is 5.89. The summed E-state index contributed by atoms with van der Waals surface area (Å²) in [5.74, 6) is 0.666. The maximum Gasteiger partial charge on any atom is 0.338 e. The highest BCUT2D eigenvalue weighted by atomic mass is 35.5. The summed E-state index contributed by atoms with van der Waals surface area (Å²) in [6.45, 7) is 2.10. The molecule has 0 saturated heterocycles. The van der Waals surface area contributed by atoms with Crippen LogP contribution in [0.15, 0.2) is 36.4 Å². The van der Waals surface area contributed by atoms with E-state index in [-0.39, 0.29) is 11.9 Å². The largest absolute Gasteiger partial charge is 0.462 e. The zero-order valence-electron chi connectivity index (χ0n) is 12.5. The van der Waals surface area contributed by atoms with Crippen LogP contribution in [0.4, 0.5) is 5.69 Å². The number of rotatable bonds is 7. The Bertz CT molecular complexity index is 670. The highest BCUT2D eigenvalue weighted by Crippen LogP contribution is 2.25. The fraction of sp³-hybridized carbons (Fsp3) is 0.250. The van der Waals surface area contributed by atoms with Gasteiger partial charge in [-0.15, -0.1) is 23.1 Å². The van der Waals surface area contributed by atoms with Gasteiger partial charge in [0.25, 0.3) is 0 Å². The summed E-state index contributed by atoms with van der Waals surface area (Å²) in [7, 11) is 0. The molecule has 23 heavy (non-hydrogen) atoms. The van der Waals surface area contributed by atoms with Crippen LogP contribution >= 0.6 is 34.7 Å². The molecule has 0 spiro atoms. The third-order valence-electron chi connectivity index (χ3n) is 2.79. The van der Waals surface area contributed by atoms with Crippen LogP contribution in [0.1, 0.15) is 22.2 Å². The molecule has 1 aromatic carbocycles. The van der Waals surface area contributed by atoms with Crippen molar-refractivity contribution in [1.29, 1.82) is 0 Å². The molecule has 1 N–H and O–H groups in total. The first-order valence-corrected chi connectivity index (χ1v) is 9.32. The van der Waals surface area contributed by atoms with E-state index in [4.69, 9.17) is 16.3 Å². The molecule has 1 aromatic heterocycles. The van der Waals surface area contributed by atoms with Gasteiger partial charge >= 0.3 is 5.97 Å². The fourth-order valence-corrected chi connectivity index (χ4v) is 3.80. The minimum atomic E-state index is -0.365. The molecule has 0 fully saturated rings. The van der Waals surface area contributed by atoms with E-state index in [1.807, 2.05) is 12.1 Å². The van der Waals surface area contributed by atoms with E-state index in [1.54, 1.807) is 31.2 Å². The molecule has 7 heteroatoms. The average Bonchev–Trinajstić information content (AvgIpc) is 2.93. The first-order chi connectivity index (χ1) is 11.1. The number of benzene rings is 1. The van der Waals surface area contributed by atoms with Gasteiger partial charge in [-0.05, 0) is 43.3 Å². The first-order valence-electron chi connectivity index (χ1n) is 6.97. The van der Waals surface area contributed by atoms with Crippen LogP contribution in [0.5, 0.6) is 0 Å². The molecule has 122 valence electrons. The number of ether oxygens (including phenoxy) is 1. The summed E-state index contributed by atoms with van der Waals surface area (Å²) in [4.78, 5) is 24.6. The third-order valence-corrected chi connectivity index (χ3v) is 5.18. The normalized spacial score (nSPS) is 10.3. The van der Waals surface area contributed by atoms with E-state index in [2.05, 4.69) is 5.32 Å². The molecular formula is C16H16ClNO3S2. The maximum atomic E-state index is 11.9. The van der Waals surface area contributed by atoms with E-state index in [1.165, 1.54) is 23.1 Å². The number of hydrogen-bond acceptors (Lipinski definition) is 5. The molecule has 2 rings (SSSR count). The van der Waals surface area contributed by atoms with E-state index < -0.39 is 0 Å². The minimum Gasteiger partial charge on any atom is -0.462 e. The van der Waals surface area contributed by atoms with Gasteiger partial charge in [0.1, 0.15) is 0 Å². The number of esters is 1. The van der Waals surface area contributed by atoms with Crippen molar-refractivity contribution < 1.29 is 14.3 Å². The van der Waals surface area contributed by atoms with E-state index in [0.717, 1.165) is 15.0 Å². The topological polar surface area (TPSA) is 55.4 Å². The second-order valence-corrected chi connectivity index (χ2v) is 7.33. The molecular weight excluding hydrogens is 354 g/mol. The molecule has 0 aliphatic carbocycles. The first kappa shape index (κ1) is 17.8. The van der Waals surface area contributed by atoms with Gasteiger partial charge in [0.2, 0.25) is 5.91 Å². The van der Waals surface area contributed by atoms with Gasteiger partial charge in [-0.2, -0.15) is 0 Å². The van der Waals surface area contributed by atoms with Crippen LogP contribution in [0.3, 0.4) is 0 Å². The maximum absolute atomic E-state index is 11.9. The van der Waals surface area contributed by atoms with Crippen molar-refractivity contribution in [2.24, 2.45) is 0 Å². The van der Waals surface area contributed by atoms with E-state index in [0.29, 0.717) is 23.6 Å². The van der Waals surface area contributed by atoms with Gasteiger partial charge < -0.3 is 10.1 Å².